The molecule has 0 aromatic heterocycles. The van der Waals surface area contributed by atoms with Gasteiger partial charge in [-0.3, -0.25) is 0 Å². The fraction of sp³-hybridized carbons (Fsp3) is 0.400. The van der Waals surface area contributed by atoms with Crippen molar-refractivity contribution in [2.75, 3.05) is 13.7 Å². The van der Waals surface area contributed by atoms with Crippen LogP contribution in [0.5, 0.6) is 5.75 Å². The number of benzene rings is 1. The van der Waals surface area contributed by atoms with Crippen molar-refractivity contribution >= 4 is 15.9 Å². The number of halogens is 1. The van der Waals surface area contributed by atoms with Crippen molar-refractivity contribution in [2.24, 2.45) is 0 Å². The summed E-state index contributed by atoms with van der Waals surface area (Å²) < 4.78 is 11.4. The van der Waals surface area contributed by atoms with E-state index in [2.05, 4.69) is 15.9 Å². The number of methoxy groups -OCH3 is 1. The van der Waals surface area contributed by atoms with Gasteiger partial charge in [-0.05, 0) is 24.6 Å². The highest BCUT2D eigenvalue weighted by Gasteiger charge is 2.00. The van der Waals surface area contributed by atoms with Crippen LogP contribution in [0.2, 0.25) is 0 Å². The zero-order chi connectivity index (χ0) is 9.68. The maximum atomic E-state index is 5.30. The van der Waals surface area contributed by atoms with Gasteiger partial charge in [-0.25, -0.2) is 0 Å². The molecule has 0 bridgehead atoms. The summed E-state index contributed by atoms with van der Waals surface area (Å²) in [5, 5.41) is 0. The van der Waals surface area contributed by atoms with Crippen LogP contribution in [0.25, 0.3) is 0 Å². The quantitative estimate of drug-likeness (QED) is 0.811. The van der Waals surface area contributed by atoms with E-state index in [1.807, 2.05) is 25.1 Å². The third-order valence-electron chi connectivity index (χ3n) is 1.72. The predicted molar refractivity (Wildman–Crippen MR) is 56.0 cm³/mol. The summed E-state index contributed by atoms with van der Waals surface area (Å²) in [4.78, 5) is 0. The lowest BCUT2D eigenvalue weighted by atomic mass is 10.2. The van der Waals surface area contributed by atoms with Gasteiger partial charge in [-0.15, -0.1) is 0 Å². The number of hydrogen-bond acceptors (Lipinski definition) is 2. The maximum absolute atomic E-state index is 5.30. The first-order valence-corrected chi connectivity index (χ1v) is 4.97. The van der Waals surface area contributed by atoms with E-state index in [-0.39, 0.29) is 0 Å². The van der Waals surface area contributed by atoms with Crippen LogP contribution in [-0.4, -0.2) is 13.7 Å². The SMILES string of the molecule is CCOCc1ccc(OC)cc1Br. The van der Waals surface area contributed by atoms with Crippen molar-refractivity contribution in [1.82, 2.24) is 0 Å². The molecule has 1 rings (SSSR count). The summed E-state index contributed by atoms with van der Waals surface area (Å²) in [6.45, 7) is 3.36. The summed E-state index contributed by atoms with van der Waals surface area (Å²) in [6.07, 6.45) is 0. The van der Waals surface area contributed by atoms with Crippen LogP contribution in [0.3, 0.4) is 0 Å². The van der Waals surface area contributed by atoms with Crippen molar-refractivity contribution in [3.8, 4) is 5.75 Å². The fourth-order valence-corrected chi connectivity index (χ4v) is 1.46. The van der Waals surface area contributed by atoms with Crippen molar-refractivity contribution < 1.29 is 9.47 Å². The van der Waals surface area contributed by atoms with Crippen molar-refractivity contribution in [2.45, 2.75) is 13.5 Å². The van der Waals surface area contributed by atoms with Gasteiger partial charge >= 0.3 is 0 Å². The molecule has 0 atom stereocenters. The number of rotatable bonds is 4. The van der Waals surface area contributed by atoms with Gasteiger partial charge in [-0.2, -0.15) is 0 Å². The summed E-state index contributed by atoms with van der Waals surface area (Å²) in [7, 11) is 1.66. The van der Waals surface area contributed by atoms with E-state index < -0.39 is 0 Å². The zero-order valence-corrected chi connectivity index (χ0v) is 9.43. The Labute approximate surface area is 87.0 Å². The van der Waals surface area contributed by atoms with E-state index in [0.29, 0.717) is 6.61 Å². The Morgan fingerprint density at radius 2 is 2.15 bits per heavy atom. The Morgan fingerprint density at radius 3 is 2.69 bits per heavy atom. The molecule has 0 radical (unpaired) electrons. The highest BCUT2D eigenvalue weighted by molar-refractivity contribution is 9.10. The monoisotopic (exact) mass is 244 g/mol. The molecule has 0 unspecified atom stereocenters. The summed E-state index contributed by atoms with van der Waals surface area (Å²) in [5.74, 6) is 0.854. The Balaban J connectivity index is 2.73. The van der Waals surface area contributed by atoms with Gasteiger partial charge in [0.15, 0.2) is 0 Å². The van der Waals surface area contributed by atoms with Gasteiger partial charge in [0.25, 0.3) is 0 Å². The lowest BCUT2D eigenvalue weighted by Gasteiger charge is -2.06. The molecule has 0 aliphatic carbocycles. The second-order valence-corrected chi connectivity index (χ2v) is 3.45. The third kappa shape index (κ3) is 3.01. The maximum Gasteiger partial charge on any atom is 0.120 e. The smallest absolute Gasteiger partial charge is 0.120 e. The molecule has 0 aliphatic heterocycles. The first-order valence-electron chi connectivity index (χ1n) is 4.18. The van der Waals surface area contributed by atoms with E-state index in [9.17, 15) is 0 Å². The van der Waals surface area contributed by atoms with Crippen molar-refractivity contribution in [1.29, 1.82) is 0 Å². The van der Waals surface area contributed by atoms with Crippen molar-refractivity contribution in [3.63, 3.8) is 0 Å². The van der Waals surface area contributed by atoms with Gasteiger partial charge < -0.3 is 9.47 Å². The highest BCUT2D eigenvalue weighted by Crippen LogP contribution is 2.23. The van der Waals surface area contributed by atoms with Crippen LogP contribution in [-0.2, 0) is 11.3 Å². The molecule has 0 aliphatic rings. The minimum atomic E-state index is 0.640. The molecule has 0 saturated heterocycles. The average molecular weight is 245 g/mol. The topological polar surface area (TPSA) is 18.5 Å². The average Bonchev–Trinajstić information content (AvgIpc) is 2.16. The molecular formula is C10H13BrO2. The summed E-state index contributed by atoms with van der Waals surface area (Å²) >= 11 is 3.46. The fourth-order valence-electron chi connectivity index (χ4n) is 0.984. The number of ether oxygens (including phenoxy) is 2. The van der Waals surface area contributed by atoms with E-state index >= 15 is 0 Å². The van der Waals surface area contributed by atoms with E-state index in [4.69, 9.17) is 9.47 Å². The standard InChI is InChI=1S/C10H13BrO2/c1-3-13-7-8-4-5-9(12-2)6-10(8)11/h4-6H,3,7H2,1-2H3. The van der Waals surface area contributed by atoms with E-state index in [1.165, 1.54) is 0 Å². The second-order valence-electron chi connectivity index (χ2n) is 2.59. The molecule has 72 valence electrons. The Hall–Kier alpha value is -0.540. The predicted octanol–water partition coefficient (Wildman–Crippen LogP) is 2.99. The highest BCUT2D eigenvalue weighted by atomic mass is 79.9. The first-order chi connectivity index (χ1) is 6.27. The lowest BCUT2D eigenvalue weighted by Crippen LogP contribution is -1.93. The molecule has 0 fully saturated rings. The molecular weight excluding hydrogens is 232 g/mol. The molecule has 3 heteroatoms. The molecule has 0 heterocycles. The molecule has 13 heavy (non-hydrogen) atoms. The van der Waals surface area contributed by atoms with Crippen LogP contribution in [0.4, 0.5) is 0 Å². The van der Waals surface area contributed by atoms with E-state index in [1.54, 1.807) is 7.11 Å². The lowest BCUT2D eigenvalue weighted by molar-refractivity contribution is 0.133. The van der Waals surface area contributed by atoms with Gasteiger partial charge in [0.2, 0.25) is 0 Å². The Morgan fingerprint density at radius 1 is 1.38 bits per heavy atom. The van der Waals surface area contributed by atoms with Crippen LogP contribution >= 0.6 is 15.9 Å². The minimum Gasteiger partial charge on any atom is -0.497 e. The van der Waals surface area contributed by atoms with Crippen LogP contribution < -0.4 is 4.74 Å². The van der Waals surface area contributed by atoms with Crippen LogP contribution in [0, 0.1) is 0 Å². The molecule has 2 nitrogen and oxygen atoms in total. The third-order valence-corrected chi connectivity index (χ3v) is 2.46. The molecule has 0 amide bonds. The molecule has 0 saturated carbocycles. The second kappa shape index (κ2) is 5.25. The molecule has 1 aromatic carbocycles. The summed E-state index contributed by atoms with van der Waals surface area (Å²) in [5.41, 5.74) is 1.14. The first kappa shape index (κ1) is 10.5. The summed E-state index contributed by atoms with van der Waals surface area (Å²) in [6, 6.07) is 5.87. The van der Waals surface area contributed by atoms with Crippen LogP contribution in [0.1, 0.15) is 12.5 Å². The van der Waals surface area contributed by atoms with Gasteiger partial charge in [0.1, 0.15) is 5.75 Å². The number of hydrogen-bond donors (Lipinski definition) is 0. The van der Waals surface area contributed by atoms with Gasteiger partial charge in [0, 0.05) is 11.1 Å². The van der Waals surface area contributed by atoms with Crippen molar-refractivity contribution in [3.05, 3.63) is 28.2 Å². The molecule has 1 aromatic rings. The largest absolute Gasteiger partial charge is 0.497 e. The Kier molecular flexibility index (Phi) is 4.25. The Bertz CT molecular complexity index is 274. The normalized spacial score (nSPS) is 10.1. The minimum absolute atomic E-state index is 0.640. The van der Waals surface area contributed by atoms with Crippen LogP contribution in [0.15, 0.2) is 22.7 Å². The molecule has 0 N–H and O–H groups in total. The zero-order valence-electron chi connectivity index (χ0n) is 7.84. The van der Waals surface area contributed by atoms with Gasteiger partial charge in [0.05, 0.1) is 13.7 Å². The van der Waals surface area contributed by atoms with E-state index in [0.717, 1.165) is 22.4 Å². The van der Waals surface area contributed by atoms with Gasteiger partial charge in [-0.1, -0.05) is 22.0 Å². The molecule has 0 spiro atoms.